The van der Waals surface area contributed by atoms with Crippen molar-refractivity contribution in [2.45, 2.75) is 252 Å². The van der Waals surface area contributed by atoms with Gasteiger partial charge in [0.2, 0.25) is 0 Å². The van der Waals surface area contributed by atoms with Crippen LogP contribution in [0.25, 0.3) is 0 Å². The summed E-state index contributed by atoms with van der Waals surface area (Å²) < 4.78 is 16.8. The second-order valence-corrected chi connectivity index (χ2v) is 19.1. The van der Waals surface area contributed by atoms with Gasteiger partial charge in [0.25, 0.3) is 0 Å². The lowest BCUT2D eigenvalue weighted by molar-refractivity contribution is -0.167. The first kappa shape index (κ1) is 69.3. The number of rotatable bonds is 52. The molecular formula is C68H108O6. The molecule has 0 spiro atoms. The number of allylic oxidation sites excluding steroid dienone is 24. The highest BCUT2D eigenvalue weighted by atomic mass is 16.6. The molecule has 0 saturated carbocycles. The molecule has 0 aromatic rings. The topological polar surface area (TPSA) is 78.9 Å². The van der Waals surface area contributed by atoms with Gasteiger partial charge in [-0.2, -0.15) is 0 Å². The van der Waals surface area contributed by atoms with Crippen molar-refractivity contribution in [2.24, 2.45) is 0 Å². The number of carbonyl (C=O) groups is 3. The molecule has 1 atom stereocenters. The molecule has 0 rings (SSSR count). The van der Waals surface area contributed by atoms with Gasteiger partial charge in [0.05, 0.1) is 0 Å². The van der Waals surface area contributed by atoms with Crippen molar-refractivity contribution in [3.05, 3.63) is 146 Å². The SMILES string of the molecule is CC/C=C\C/C=C\C/C=C\C/C=C\C/C=C\C/C=C\C/C=C\CCCC(=O)OCC(COC(=O)CCCCCCC/C=C\CCCCCCC)OC(=O)CCCCCCCC/C=C\C/C=C\C/C=C\C/C=C\CC. The molecule has 0 aromatic carbocycles. The number of ether oxygens (including phenoxy) is 3. The first-order valence-corrected chi connectivity index (χ1v) is 29.8. The van der Waals surface area contributed by atoms with E-state index < -0.39 is 6.10 Å². The van der Waals surface area contributed by atoms with Crippen molar-refractivity contribution in [2.75, 3.05) is 13.2 Å². The summed E-state index contributed by atoms with van der Waals surface area (Å²) in [7, 11) is 0. The van der Waals surface area contributed by atoms with Crippen LogP contribution in [0.2, 0.25) is 0 Å². The largest absolute Gasteiger partial charge is 0.462 e. The van der Waals surface area contributed by atoms with Crippen LogP contribution in [-0.2, 0) is 28.6 Å². The minimum Gasteiger partial charge on any atom is -0.462 e. The van der Waals surface area contributed by atoms with Gasteiger partial charge >= 0.3 is 17.9 Å². The molecule has 0 aromatic heterocycles. The zero-order valence-electron chi connectivity index (χ0n) is 47.5. The van der Waals surface area contributed by atoms with Crippen molar-refractivity contribution in [1.82, 2.24) is 0 Å². The maximum absolute atomic E-state index is 12.9. The monoisotopic (exact) mass is 1020 g/mol. The summed E-state index contributed by atoms with van der Waals surface area (Å²) in [6, 6.07) is 0. The van der Waals surface area contributed by atoms with Gasteiger partial charge in [-0.3, -0.25) is 14.4 Å². The molecule has 6 nitrogen and oxygen atoms in total. The lowest BCUT2D eigenvalue weighted by Crippen LogP contribution is -2.30. The number of carbonyl (C=O) groups excluding carboxylic acids is 3. The molecule has 6 heteroatoms. The van der Waals surface area contributed by atoms with Crippen LogP contribution < -0.4 is 0 Å². The van der Waals surface area contributed by atoms with Crippen molar-refractivity contribution < 1.29 is 28.6 Å². The van der Waals surface area contributed by atoms with E-state index in [0.29, 0.717) is 19.3 Å². The fourth-order valence-corrected chi connectivity index (χ4v) is 7.65. The van der Waals surface area contributed by atoms with E-state index in [2.05, 4.69) is 167 Å². The first-order chi connectivity index (χ1) is 36.5. The van der Waals surface area contributed by atoms with Crippen molar-refractivity contribution >= 4 is 17.9 Å². The van der Waals surface area contributed by atoms with Gasteiger partial charge in [0, 0.05) is 19.3 Å². The van der Waals surface area contributed by atoms with Crippen molar-refractivity contribution in [1.29, 1.82) is 0 Å². The summed E-state index contributed by atoms with van der Waals surface area (Å²) >= 11 is 0. The summed E-state index contributed by atoms with van der Waals surface area (Å²) in [5.74, 6) is -1.00. The second-order valence-electron chi connectivity index (χ2n) is 19.1. The Labute approximate surface area is 455 Å². The van der Waals surface area contributed by atoms with E-state index >= 15 is 0 Å². The maximum atomic E-state index is 12.9. The Balaban J connectivity index is 4.54. The van der Waals surface area contributed by atoms with Gasteiger partial charge in [-0.1, -0.05) is 237 Å². The first-order valence-electron chi connectivity index (χ1n) is 29.8. The third kappa shape index (κ3) is 58.2. The van der Waals surface area contributed by atoms with Crippen LogP contribution in [0.5, 0.6) is 0 Å². The zero-order chi connectivity index (χ0) is 53.6. The molecule has 74 heavy (non-hydrogen) atoms. The Morgan fingerprint density at radius 1 is 0.284 bits per heavy atom. The van der Waals surface area contributed by atoms with Crippen LogP contribution in [0, 0.1) is 0 Å². The maximum Gasteiger partial charge on any atom is 0.306 e. The van der Waals surface area contributed by atoms with Crippen LogP contribution >= 0.6 is 0 Å². The number of esters is 3. The smallest absolute Gasteiger partial charge is 0.306 e. The molecule has 416 valence electrons. The number of unbranched alkanes of at least 4 members (excludes halogenated alkanes) is 17. The highest BCUT2D eigenvalue weighted by Crippen LogP contribution is 2.13. The molecule has 0 heterocycles. The molecular weight excluding hydrogens is 913 g/mol. The molecule has 0 aliphatic carbocycles. The van der Waals surface area contributed by atoms with Crippen LogP contribution in [-0.4, -0.2) is 37.2 Å². The molecule has 1 unspecified atom stereocenters. The predicted octanol–water partition coefficient (Wildman–Crippen LogP) is 20.4. The fraction of sp³-hybridized carbons (Fsp3) is 0.603. The summed E-state index contributed by atoms with van der Waals surface area (Å²) in [6.45, 7) is 6.33. The van der Waals surface area contributed by atoms with E-state index in [1.165, 1.54) is 57.8 Å². The van der Waals surface area contributed by atoms with Crippen molar-refractivity contribution in [3.63, 3.8) is 0 Å². The van der Waals surface area contributed by atoms with Gasteiger partial charge in [-0.15, -0.1) is 0 Å². The predicted molar refractivity (Wildman–Crippen MR) is 320 cm³/mol. The highest BCUT2D eigenvalue weighted by molar-refractivity contribution is 5.71. The molecule has 0 aliphatic heterocycles. The van der Waals surface area contributed by atoms with Gasteiger partial charge in [-0.05, 0) is 135 Å². The normalized spacial score (nSPS) is 13.2. The number of hydrogen-bond acceptors (Lipinski definition) is 6. The Hall–Kier alpha value is -4.71. The number of hydrogen-bond donors (Lipinski definition) is 0. The molecule has 0 N–H and O–H groups in total. The van der Waals surface area contributed by atoms with Crippen molar-refractivity contribution in [3.8, 4) is 0 Å². The standard InChI is InChI=1S/C68H108O6/c1-4-7-10-13-16-19-22-25-28-30-32-33-34-35-37-38-40-43-46-49-52-55-58-61-67(70)73-64-65(63-72-66(69)60-57-54-51-48-45-42-27-24-21-18-15-12-9-6-3)74-68(71)62-59-56-53-50-47-44-41-39-36-31-29-26-23-20-17-14-11-8-5-2/h7-8,10-11,16-17,19-20,24-29,32-33,35-37,39-40,43,49,52,65H,4-6,9,12-15,18,21-23,30-31,34,38,41-42,44-48,50-51,53-64H2,1-3H3/b10-7-,11-8-,19-16-,20-17-,27-24-,28-25-,29-26-,33-32-,37-35-,39-36-,43-40-,52-49-. The highest BCUT2D eigenvalue weighted by Gasteiger charge is 2.19. The Bertz CT molecular complexity index is 1640. The third-order valence-corrected chi connectivity index (χ3v) is 12.1. The van der Waals surface area contributed by atoms with Crippen LogP contribution in [0.15, 0.2) is 146 Å². The van der Waals surface area contributed by atoms with Crippen LogP contribution in [0.1, 0.15) is 245 Å². The van der Waals surface area contributed by atoms with E-state index in [0.717, 1.165) is 141 Å². The summed E-state index contributed by atoms with van der Waals surface area (Å²) in [6.07, 6.45) is 87.0. The second kappa shape index (κ2) is 60.8. The molecule has 0 saturated heterocycles. The Kier molecular flexibility index (Phi) is 57.0. The van der Waals surface area contributed by atoms with E-state index in [1.54, 1.807) is 0 Å². The van der Waals surface area contributed by atoms with Gasteiger partial charge in [0.15, 0.2) is 6.10 Å². The quantitative estimate of drug-likeness (QED) is 0.0261. The third-order valence-electron chi connectivity index (χ3n) is 12.1. The van der Waals surface area contributed by atoms with E-state index in [4.69, 9.17) is 14.2 Å². The lowest BCUT2D eigenvalue weighted by Gasteiger charge is -2.18. The zero-order valence-corrected chi connectivity index (χ0v) is 47.5. The molecule has 0 bridgehead atoms. The van der Waals surface area contributed by atoms with Crippen LogP contribution in [0.3, 0.4) is 0 Å². The van der Waals surface area contributed by atoms with E-state index in [9.17, 15) is 14.4 Å². The minimum atomic E-state index is -0.820. The van der Waals surface area contributed by atoms with Gasteiger partial charge < -0.3 is 14.2 Å². The minimum absolute atomic E-state index is 0.112. The molecule has 0 aliphatic rings. The van der Waals surface area contributed by atoms with Gasteiger partial charge in [0.1, 0.15) is 13.2 Å². The summed E-state index contributed by atoms with van der Waals surface area (Å²) in [5.41, 5.74) is 0. The average Bonchev–Trinajstić information content (AvgIpc) is 3.40. The average molecular weight is 1020 g/mol. The molecule has 0 amide bonds. The lowest BCUT2D eigenvalue weighted by atomic mass is 10.1. The summed E-state index contributed by atoms with van der Waals surface area (Å²) in [5, 5.41) is 0. The van der Waals surface area contributed by atoms with Gasteiger partial charge in [-0.25, -0.2) is 0 Å². The van der Waals surface area contributed by atoms with E-state index in [1.807, 2.05) is 0 Å². The Morgan fingerprint density at radius 2 is 0.541 bits per heavy atom. The summed E-state index contributed by atoms with van der Waals surface area (Å²) in [4.78, 5) is 38.2. The molecule has 0 radical (unpaired) electrons. The van der Waals surface area contributed by atoms with Crippen LogP contribution in [0.4, 0.5) is 0 Å². The Morgan fingerprint density at radius 3 is 0.892 bits per heavy atom. The molecule has 0 fully saturated rings. The van der Waals surface area contributed by atoms with E-state index in [-0.39, 0.29) is 37.5 Å². The fourth-order valence-electron chi connectivity index (χ4n) is 7.65.